The Morgan fingerprint density at radius 1 is 1.07 bits per heavy atom. The Kier molecular flexibility index (Phi) is 7.66. The van der Waals surface area contributed by atoms with Crippen LogP contribution in [0.1, 0.15) is 47.1 Å². The predicted molar refractivity (Wildman–Crippen MR) is 103 cm³/mol. The molecule has 2 amide bonds. The predicted octanol–water partition coefficient (Wildman–Crippen LogP) is 3.52. The first-order valence-electron chi connectivity index (χ1n) is 8.62. The summed E-state index contributed by atoms with van der Waals surface area (Å²) in [5, 5.41) is 2.60. The topological polar surface area (TPSA) is 116 Å². The van der Waals surface area contributed by atoms with Crippen LogP contribution in [0.25, 0.3) is 0 Å². The van der Waals surface area contributed by atoms with Gasteiger partial charge in [0.1, 0.15) is 16.9 Å². The quantitative estimate of drug-likeness (QED) is 0.472. The highest BCUT2D eigenvalue weighted by Gasteiger charge is 2.22. The van der Waals surface area contributed by atoms with Gasteiger partial charge in [-0.15, -0.1) is 0 Å². The van der Waals surface area contributed by atoms with Crippen LogP contribution in [-0.2, 0) is 25.4 Å². The van der Waals surface area contributed by atoms with Crippen LogP contribution in [0.5, 0.6) is 0 Å². The van der Waals surface area contributed by atoms with E-state index in [-0.39, 0.29) is 12.1 Å². The second kappa shape index (κ2) is 9.29. The first-order chi connectivity index (χ1) is 12.8. The number of methoxy groups -OCH3 is 1. The average Bonchev–Trinajstić information content (AvgIpc) is 2.51. The number of pyridine rings is 1. The summed E-state index contributed by atoms with van der Waals surface area (Å²) in [6.45, 7) is 10.3. The third-order valence-corrected chi connectivity index (χ3v) is 2.94. The zero-order valence-corrected chi connectivity index (χ0v) is 17.3. The van der Waals surface area contributed by atoms with Crippen LogP contribution in [0.3, 0.4) is 0 Å². The van der Waals surface area contributed by atoms with Crippen LogP contribution in [0.4, 0.5) is 15.3 Å². The van der Waals surface area contributed by atoms with E-state index in [4.69, 9.17) is 14.2 Å². The molecule has 0 fully saturated rings. The van der Waals surface area contributed by atoms with Crippen LogP contribution < -0.4 is 5.32 Å². The molecule has 9 nitrogen and oxygen atoms in total. The fourth-order valence-electron chi connectivity index (χ4n) is 1.95. The van der Waals surface area contributed by atoms with E-state index in [0.717, 1.165) is 0 Å². The second-order valence-electron chi connectivity index (χ2n) is 7.87. The molecule has 1 heterocycles. The van der Waals surface area contributed by atoms with E-state index in [2.05, 4.69) is 15.3 Å². The molecule has 0 aromatic carbocycles. The molecule has 0 aliphatic carbocycles. The number of amides is 2. The Bertz CT molecular complexity index is 760. The van der Waals surface area contributed by atoms with Crippen molar-refractivity contribution in [1.29, 1.82) is 0 Å². The third-order valence-electron chi connectivity index (χ3n) is 2.94. The number of hydrogen-bond donors (Lipinski definition) is 1. The molecule has 0 radical (unpaired) electrons. The van der Waals surface area contributed by atoms with Crippen molar-refractivity contribution in [3.8, 4) is 0 Å². The van der Waals surface area contributed by atoms with Crippen molar-refractivity contribution in [3.05, 3.63) is 24.0 Å². The van der Waals surface area contributed by atoms with Gasteiger partial charge in [0.25, 0.3) is 0 Å². The molecule has 0 saturated heterocycles. The number of nitrogens with zero attached hydrogens (tertiary/aromatic N) is 2. The van der Waals surface area contributed by atoms with E-state index in [1.807, 2.05) is 0 Å². The van der Waals surface area contributed by atoms with E-state index in [1.165, 1.54) is 19.5 Å². The van der Waals surface area contributed by atoms with Crippen LogP contribution in [0.15, 0.2) is 23.5 Å². The average molecular weight is 393 g/mol. The van der Waals surface area contributed by atoms with Gasteiger partial charge in [0.2, 0.25) is 0 Å². The van der Waals surface area contributed by atoms with Crippen molar-refractivity contribution in [2.45, 2.75) is 59.2 Å². The van der Waals surface area contributed by atoms with E-state index in [9.17, 15) is 14.4 Å². The molecule has 0 saturated carbocycles. The van der Waals surface area contributed by atoms with Crippen LogP contribution in [0, 0.1) is 0 Å². The van der Waals surface area contributed by atoms with Gasteiger partial charge < -0.3 is 14.2 Å². The minimum atomic E-state index is -0.918. The van der Waals surface area contributed by atoms with E-state index < -0.39 is 29.4 Å². The Hall–Kier alpha value is -2.97. The summed E-state index contributed by atoms with van der Waals surface area (Å²) in [6.07, 6.45) is 1.23. The highest BCUT2D eigenvalue weighted by atomic mass is 16.6. The SMILES string of the molecule is COC(=O)C(Cc1cnccc1NC(=O)OC(C)(C)C)=NC(=O)OC(C)(C)C. The monoisotopic (exact) mass is 393 g/mol. The molecule has 0 bridgehead atoms. The zero-order valence-electron chi connectivity index (χ0n) is 17.3. The molecule has 0 atom stereocenters. The molecule has 1 aromatic rings. The molecular formula is C19H27N3O6. The van der Waals surface area contributed by atoms with Gasteiger partial charge in [-0.1, -0.05) is 0 Å². The number of nitrogens with one attached hydrogen (secondary N) is 1. The number of carbonyl (C=O) groups excluding carboxylic acids is 3. The van der Waals surface area contributed by atoms with Gasteiger partial charge in [-0.05, 0) is 47.6 Å². The van der Waals surface area contributed by atoms with Gasteiger partial charge in [-0.3, -0.25) is 10.3 Å². The molecule has 1 rings (SSSR count). The Labute approximate surface area is 164 Å². The minimum Gasteiger partial charge on any atom is -0.465 e. The summed E-state index contributed by atoms with van der Waals surface area (Å²) < 4.78 is 15.0. The summed E-state index contributed by atoms with van der Waals surface area (Å²) in [6, 6.07) is 1.54. The molecule has 154 valence electrons. The van der Waals surface area contributed by atoms with Crippen LogP contribution in [-0.4, -0.2) is 47.2 Å². The Morgan fingerprint density at radius 3 is 2.21 bits per heavy atom. The maximum atomic E-state index is 12.0. The standard InChI is InChI=1S/C19H27N3O6/c1-18(2,3)27-16(24)21-13-8-9-20-11-12(13)10-14(15(23)26-7)22-17(25)28-19(4,5)6/h8-9,11H,10H2,1-7H3,(H,20,21,24). The van der Waals surface area contributed by atoms with Crippen LogP contribution >= 0.6 is 0 Å². The lowest BCUT2D eigenvalue weighted by Gasteiger charge is -2.20. The van der Waals surface area contributed by atoms with Gasteiger partial charge in [0.15, 0.2) is 0 Å². The number of esters is 1. The molecule has 9 heteroatoms. The van der Waals surface area contributed by atoms with Crippen molar-refractivity contribution in [1.82, 2.24) is 4.98 Å². The van der Waals surface area contributed by atoms with Crippen molar-refractivity contribution < 1.29 is 28.6 Å². The number of carbonyl (C=O) groups is 3. The van der Waals surface area contributed by atoms with Crippen molar-refractivity contribution in [2.24, 2.45) is 4.99 Å². The number of ether oxygens (including phenoxy) is 3. The molecule has 28 heavy (non-hydrogen) atoms. The fourth-order valence-corrected chi connectivity index (χ4v) is 1.95. The van der Waals surface area contributed by atoms with E-state index >= 15 is 0 Å². The lowest BCUT2D eigenvalue weighted by Crippen LogP contribution is -2.28. The molecule has 0 spiro atoms. The maximum absolute atomic E-state index is 12.0. The normalized spacial score (nSPS) is 12.2. The van der Waals surface area contributed by atoms with E-state index in [0.29, 0.717) is 11.3 Å². The van der Waals surface area contributed by atoms with Crippen LogP contribution in [0.2, 0.25) is 0 Å². The van der Waals surface area contributed by atoms with Gasteiger partial charge >= 0.3 is 18.2 Å². The molecule has 0 unspecified atom stereocenters. The molecule has 1 N–H and O–H groups in total. The molecule has 0 aliphatic heterocycles. The number of rotatable bonds is 4. The number of aliphatic imine (C=N–C) groups is 1. The van der Waals surface area contributed by atoms with Gasteiger partial charge in [0.05, 0.1) is 12.8 Å². The van der Waals surface area contributed by atoms with Gasteiger partial charge in [-0.25, -0.2) is 14.4 Å². The fraction of sp³-hybridized carbons (Fsp3) is 0.526. The van der Waals surface area contributed by atoms with Gasteiger partial charge in [0, 0.05) is 24.4 Å². The van der Waals surface area contributed by atoms with Crippen molar-refractivity contribution in [3.63, 3.8) is 0 Å². The maximum Gasteiger partial charge on any atom is 0.434 e. The molecular weight excluding hydrogens is 366 g/mol. The lowest BCUT2D eigenvalue weighted by molar-refractivity contribution is -0.132. The number of aromatic nitrogens is 1. The smallest absolute Gasteiger partial charge is 0.434 e. The number of anilines is 1. The third kappa shape index (κ3) is 8.61. The molecule has 1 aromatic heterocycles. The second-order valence-corrected chi connectivity index (χ2v) is 7.87. The summed E-state index contributed by atoms with van der Waals surface area (Å²) in [7, 11) is 1.18. The first kappa shape index (κ1) is 23.1. The highest BCUT2D eigenvalue weighted by Crippen LogP contribution is 2.18. The first-order valence-corrected chi connectivity index (χ1v) is 8.62. The zero-order chi connectivity index (χ0) is 21.5. The summed E-state index contributed by atoms with van der Waals surface area (Å²) in [5.41, 5.74) is -0.810. The highest BCUT2D eigenvalue weighted by molar-refractivity contribution is 6.38. The summed E-state index contributed by atoms with van der Waals surface area (Å²) >= 11 is 0. The van der Waals surface area contributed by atoms with Crippen molar-refractivity contribution in [2.75, 3.05) is 12.4 Å². The largest absolute Gasteiger partial charge is 0.465 e. The molecule has 0 aliphatic rings. The summed E-state index contributed by atoms with van der Waals surface area (Å²) in [5.74, 6) is -0.794. The minimum absolute atomic E-state index is 0.106. The van der Waals surface area contributed by atoms with Gasteiger partial charge in [-0.2, -0.15) is 4.99 Å². The van der Waals surface area contributed by atoms with E-state index in [1.54, 1.807) is 47.6 Å². The lowest BCUT2D eigenvalue weighted by atomic mass is 10.1. The van der Waals surface area contributed by atoms with Crippen molar-refractivity contribution >= 4 is 29.6 Å². The number of hydrogen-bond acceptors (Lipinski definition) is 7. The Morgan fingerprint density at radius 2 is 1.68 bits per heavy atom. The summed E-state index contributed by atoms with van der Waals surface area (Å²) in [4.78, 5) is 43.8. The Balaban J connectivity index is 3.09.